The Bertz CT molecular complexity index is 764. The van der Waals surface area contributed by atoms with Crippen molar-refractivity contribution in [3.05, 3.63) is 24.5 Å². The summed E-state index contributed by atoms with van der Waals surface area (Å²) in [6.07, 6.45) is 5.90. The Hall–Kier alpha value is -1.92. The fourth-order valence-electron chi connectivity index (χ4n) is 4.36. The summed E-state index contributed by atoms with van der Waals surface area (Å²) in [6, 6.07) is 6.47. The van der Waals surface area contributed by atoms with Crippen molar-refractivity contribution in [2.24, 2.45) is 0 Å². The van der Waals surface area contributed by atoms with E-state index >= 15 is 0 Å². The highest BCUT2D eigenvalue weighted by atomic mass is 16.3. The van der Waals surface area contributed by atoms with Gasteiger partial charge >= 0.3 is 0 Å². The number of anilines is 2. The summed E-state index contributed by atoms with van der Waals surface area (Å²) in [6.45, 7) is 4.83. The Kier molecular flexibility index (Phi) is 4.71. The fourth-order valence-corrected chi connectivity index (χ4v) is 4.36. The largest absolute Gasteiger partial charge is 0.389 e. The number of nitrogens with zero attached hydrogens (tertiary/aromatic N) is 5. The van der Waals surface area contributed by atoms with Crippen LogP contribution in [0.3, 0.4) is 0 Å². The van der Waals surface area contributed by atoms with Gasteiger partial charge < -0.3 is 14.9 Å². The standard InChI is InChI=1S/C20H29N5O/c1-23(2)19-17-13-16(5-6-18(17)21-15-22-19)25-11-9-24(10-12-25)14-20(26)7-3-4-8-20/h5-6,13,15,26H,3-4,7-12,14H2,1-2H3. The molecule has 1 aliphatic carbocycles. The van der Waals surface area contributed by atoms with Crippen molar-refractivity contribution in [1.82, 2.24) is 14.9 Å². The first kappa shape index (κ1) is 17.5. The molecule has 2 aromatic rings. The van der Waals surface area contributed by atoms with E-state index in [1.165, 1.54) is 18.5 Å². The summed E-state index contributed by atoms with van der Waals surface area (Å²) in [5.41, 5.74) is 1.77. The van der Waals surface area contributed by atoms with Crippen molar-refractivity contribution in [2.75, 3.05) is 56.6 Å². The van der Waals surface area contributed by atoms with Crippen LogP contribution in [0.5, 0.6) is 0 Å². The Morgan fingerprint density at radius 1 is 1.08 bits per heavy atom. The molecule has 2 aliphatic rings. The first-order valence-electron chi connectivity index (χ1n) is 9.66. The molecule has 4 rings (SSSR count). The topological polar surface area (TPSA) is 55.7 Å². The summed E-state index contributed by atoms with van der Waals surface area (Å²) in [4.78, 5) is 15.7. The number of piperazine rings is 1. The minimum absolute atomic E-state index is 0.441. The average molecular weight is 355 g/mol. The second-order valence-corrected chi connectivity index (χ2v) is 7.99. The van der Waals surface area contributed by atoms with Crippen LogP contribution in [0.25, 0.3) is 10.9 Å². The molecular weight excluding hydrogens is 326 g/mol. The molecule has 140 valence electrons. The Labute approximate surface area is 155 Å². The molecule has 2 heterocycles. The molecule has 0 spiro atoms. The molecule has 1 saturated heterocycles. The van der Waals surface area contributed by atoms with Crippen LogP contribution in [0.2, 0.25) is 0 Å². The van der Waals surface area contributed by atoms with E-state index in [0.29, 0.717) is 0 Å². The van der Waals surface area contributed by atoms with Gasteiger partial charge in [0.25, 0.3) is 0 Å². The molecule has 0 radical (unpaired) electrons. The number of rotatable bonds is 4. The summed E-state index contributed by atoms with van der Waals surface area (Å²) in [5, 5.41) is 11.7. The van der Waals surface area contributed by atoms with Crippen molar-refractivity contribution in [3.8, 4) is 0 Å². The Balaban J connectivity index is 1.46. The summed E-state index contributed by atoms with van der Waals surface area (Å²) in [5.74, 6) is 0.957. The molecule has 1 saturated carbocycles. The normalized spacial score (nSPS) is 20.7. The minimum Gasteiger partial charge on any atom is -0.389 e. The number of hydrogen-bond acceptors (Lipinski definition) is 6. The number of aliphatic hydroxyl groups is 1. The van der Waals surface area contributed by atoms with Crippen molar-refractivity contribution >= 4 is 22.4 Å². The van der Waals surface area contributed by atoms with Crippen LogP contribution < -0.4 is 9.80 Å². The van der Waals surface area contributed by atoms with Gasteiger partial charge in [-0.2, -0.15) is 0 Å². The molecule has 26 heavy (non-hydrogen) atoms. The van der Waals surface area contributed by atoms with E-state index in [-0.39, 0.29) is 0 Å². The molecule has 0 amide bonds. The van der Waals surface area contributed by atoms with Crippen molar-refractivity contribution in [1.29, 1.82) is 0 Å². The van der Waals surface area contributed by atoms with Crippen LogP contribution in [0.15, 0.2) is 24.5 Å². The van der Waals surface area contributed by atoms with Gasteiger partial charge in [0.2, 0.25) is 0 Å². The van der Waals surface area contributed by atoms with Gasteiger partial charge in [-0.25, -0.2) is 9.97 Å². The predicted molar refractivity (Wildman–Crippen MR) is 106 cm³/mol. The van der Waals surface area contributed by atoms with Crippen LogP contribution in [0, 0.1) is 0 Å². The van der Waals surface area contributed by atoms with E-state index in [9.17, 15) is 5.11 Å². The molecule has 1 aromatic heterocycles. The van der Waals surface area contributed by atoms with E-state index in [0.717, 1.165) is 62.3 Å². The van der Waals surface area contributed by atoms with Gasteiger partial charge in [0.1, 0.15) is 12.1 Å². The molecule has 1 aliphatic heterocycles. The van der Waals surface area contributed by atoms with Crippen molar-refractivity contribution in [3.63, 3.8) is 0 Å². The molecule has 6 heteroatoms. The molecular formula is C20H29N5O. The highest BCUT2D eigenvalue weighted by Gasteiger charge is 2.33. The summed E-state index contributed by atoms with van der Waals surface area (Å²) >= 11 is 0. The van der Waals surface area contributed by atoms with Crippen LogP contribution in [-0.4, -0.2) is 72.4 Å². The molecule has 1 N–H and O–H groups in total. The maximum Gasteiger partial charge on any atom is 0.139 e. The van der Waals surface area contributed by atoms with E-state index in [1.807, 2.05) is 19.0 Å². The average Bonchev–Trinajstić information content (AvgIpc) is 3.07. The quantitative estimate of drug-likeness (QED) is 0.907. The number of aromatic nitrogens is 2. The van der Waals surface area contributed by atoms with Gasteiger partial charge in [-0.1, -0.05) is 12.8 Å². The number of benzene rings is 1. The smallest absolute Gasteiger partial charge is 0.139 e. The number of fused-ring (bicyclic) bond motifs is 1. The van der Waals surface area contributed by atoms with Gasteiger partial charge in [0.05, 0.1) is 11.1 Å². The maximum absolute atomic E-state index is 10.7. The lowest BCUT2D eigenvalue weighted by Crippen LogP contribution is -2.51. The number of hydrogen-bond donors (Lipinski definition) is 1. The van der Waals surface area contributed by atoms with Crippen LogP contribution in [0.4, 0.5) is 11.5 Å². The van der Waals surface area contributed by atoms with Crippen LogP contribution in [-0.2, 0) is 0 Å². The summed E-state index contributed by atoms with van der Waals surface area (Å²) < 4.78 is 0. The lowest BCUT2D eigenvalue weighted by atomic mass is 10.0. The van der Waals surface area contributed by atoms with Gasteiger partial charge in [0, 0.05) is 57.9 Å². The zero-order valence-electron chi connectivity index (χ0n) is 15.9. The third kappa shape index (κ3) is 3.48. The highest BCUT2D eigenvalue weighted by molar-refractivity contribution is 5.91. The fraction of sp³-hybridized carbons (Fsp3) is 0.600. The van der Waals surface area contributed by atoms with Gasteiger partial charge in [-0.05, 0) is 31.0 Å². The van der Waals surface area contributed by atoms with E-state index < -0.39 is 5.60 Å². The first-order chi connectivity index (χ1) is 12.5. The van der Waals surface area contributed by atoms with Gasteiger partial charge in [-0.15, -0.1) is 0 Å². The third-order valence-electron chi connectivity index (χ3n) is 5.81. The lowest BCUT2D eigenvalue weighted by Gasteiger charge is -2.39. The predicted octanol–water partition coefficient (Wildman–Crippen LogP) is 2.12. The van der Waals surface area contributed by atoms with E-state index in [1.54, 1.807) is 6.33 Å². The van der Waals surface area contributed by atoms with Crippen LogP contribution >= 0.6 is 0 Å². The lowest BCUT2D eigenvalue weighted by molar-refractivity contribution is 0.00803. The van der Waals surface area contributed by atoms with Crippen LogP contribution in [0.1, 0.15) is 25.7 Å². The SMILES string of the molecule is CN(C)c1ncnc2ccc(N3CCN(CC4(O)CCCC4)CC3)cc12. The minimum atomic E-state index is -0.441. The van der Waals surface area contributed by atoms with Crippen molar-refractivity contribution < 1.29 is 5.11 Å². The van der Waals surface area contributed by atoms with Gasteiger partial charge in [0.15, 0.2) is 0 Å². The van der Waals surface area contributed by atoms with E-state index in [4.69, 9.17) is 0 Å². The first-order valence-corrected chi connectivity index (χ1v) is 9.66. The molecule has 2 fully saturated rings. The molecule has 0 unspecified atom stereocenters. The molecule has 1 aromatic carbocycles. The van der Waals surface area contributed by atoms with Crippen molar-refractivity contribution in [2.45, 2.75) is 31.3 Å². The monoisotopic (exact) mass is 355 g/mol. The second kappa shape index (κ2) is 7.00. The Morgan fingerprint density at radius 3 is 2.50 bits per heavy atom. The van der Waals surface area contributed by atoms with Gasteiger partial charge in [-0.3, -0.25) is 4.90 Å². The third-order valence-corrected chi connectivity index (χ3v) is 5.81. The summed E-state index contributed by atoms with van der Waals surface area (Å²) in [7, 11) is 4.03. The molecule has 6 nitrogen and oxygen atoms in total. The molecule has 0 bridgehead atoms. The zero-order chi connectivity index (χ0) is 18.1. The number of β-amino-alcohol motifs (C(OH)–C–C–N with tert-alkyl or cyclic N) is 1. The highest BCUT2D eigenvalue weighted by Crippen LogP contribution is 2.31. The van der Waals surface area contributed by atoms with E-state index in [2.05, 4.69) is 38.0 Å². The second-order valence-electron chi connectivity index (χ2n) is 7.99. The Morgan fingerprint density at radius 2 is 1.81 bits per heavy atom. The molecule has 0 atom stereocenters. The maximum atomic E-state index is 10.7. The zero-order valence-corrected chi connectivity index (χ0v) is 15.9.